The SMILES string of the molecule is Cn1ccnc1CCNCc1cc(Br)ccc1Cl. The van der Waals surface area contributed by atoms with Crippen molar-refractivity contribution in [2.45, 2.75) is 13.0 Å². The third kappa shape index (κ3) is 3.57. The Hall–Kier alpha value is -0.840. The summed E-state index contributed by atoms with van der Waals surface area (Å²) in [4.78, 5) is 4.28. The number of benzene rings is 1. The predicted molar refractivity (Wildman–Crippen MR) is 77.8 cm³/mol. The molecule has 0 bridgehead atoms. The van der Waals surface area contributed by atoms with Gasteiger partial charge in [-0.05, 0) is 23.8 Å². The number of hydrogen-bond donors (Lipinski definition) is 1. The Morgan fingerprint density at radius 2 is 2.28 bits per heavy atom. The summed E-state index contributed by atoms with van der Waals surface area (Å²) < 4.78 is 3.08. The van der Waals surface area contributed by atoms with Crippen LogP contribution >= 0.6 is 27.5 Å². The summed E-state index contributed by atoms with van der Waals surface area (Å²) in [6.45, 7) is 1.65. The van der Waals surface area contributed by atoms with Gasteiger partial charge in [-0.15, -0.1) is 0 Å². The van der Waals surface area contributed by atoms with Gasteiger partial charge >= 0.3 is 0 Å². The number of nitrogens with one attached hydrogen (secondary N) is 1. The lowest BCUT2D eigenvalue weighted by Gasteiger charge is -2.07. The molecule has 1 N–H and O–H groups in total. The van der Waals surface area contributed by atoms with Crippen LogP contribution in [0.3, 0.4) is 0 Å². The minimum Gasteiger partial charge on any atom is -0.338 e. The molecule has 18 heavy (non-hydrogen) atoms. The molecule has 1 heterocycles. The van der Waals surface area contributed by atoms with E-state index in [-0.39, 0.29) is 0 Å². The van der Waals surface area contributed by atoms with Crippen molar-refractivity contribution in [2.75, 3.05) is 6.54 Å². The summed E-state index contributed by atoms with van der Waals surface area (Å²) in [7, 11) is 2.01. The molecule has 0 saturated heterocycles. The van der Waals surface area contributed by atoms with E-state index in [4.69, 9.17) is 11.6 Å². The zero-order valence-electron chi connectivity index (χ0n) is 10.2. The molecule has 1 aromatic heterocycles. The predicted octanol–water partition coefficient (Wildman–Crippen LogP) is 3.17. The topological polar surface area (TPSA) is 29.9 Å². The molecule has 2 rings (SSSR count). The van der Waals surface area contributed by atoms with Crippen molar-refractivity contribution in [1.29, 1.82) is 0 Å². The van der Waals surface area contributed by atoms with Crippen molar-refractivity contribution in [3.05, 3.63) is 51.5 Å². The molecule has 3 nitrogen and oxygen atoms in total. The van der Waals surface area contributed by atoms with Crippen molar-refractivity contribution >= 4 is 27.5 Å². The highest BCUT2D eigenvalue weighted by Gasteiger charge is 2.02. The van der Waals surface area contributed by atoms with Crippen LogP contribution in [0, 0.1) is 0 Å². The highest BCUT2D eigenvalue weighted by molar-refractivity contribution is 9.10. The number of hydrogen-bond acceptors (Lipinski definition) is 2. The van der Waals surface area contributed by atoms with Gasteiger partial charge in [0.2, 0.25) is 0 Å². The lowest BCUT2D eigenvalue weighted by atomic mass is 10.2. The number of aromatic nitrogens is 2. The second-order valence-corrected chi connectivity index (χ2v) is 5.44. The van der Waals surface area contributed by atoms with Gasteiger partial charge in [-0.1, -0.05) is 27.5 Å². The van der Waals surface area contributed by atoms with Crippen molar-refractivity contribution in [1.82, 2.24) is 14.9 Å². The average molecular weight is 329 g/mol. The quantitative estimate of drug-likeness (QED) is 0.854. The van der Waals surface area contributed by atoms with E-state index in [1.165, 1.54) is 0 Å². The van der Waals surface area contributed by atoms with E-state index in [2.05, 4.69) is 26.2 Å². The molecule has 0 spiro atoms. The summed E-state index contributed by atoms with van der Waals surface area (Å²) >= 11 is 9.57. The van der Waals surface area contributed by atoms with E-state index >= 15 is 0 Å². The first-order valence-corrected chi connectivity index (χ1v) is 6.95. The standard InChI is InChI=1S/C13H15BrClN3/c1-18-7-6-17-13(18)4-5-16-9-10-8-11(14)2-3-12(10)15/h2-3,6-8,16H,4-5,9H2,1H3. The summed E-state index contributed by atoms with van der Waals surface area (Å²) in [5.41, 5.74) is 1.10. The van der Waals surface area contributed by atoms with Gasteiger partial charge in [0.1, 0.15) is 5.82 Å². The van der Waals surface area contributed by atoms with Crippen LogP contribution in [0.2, 0.25) is 5.02 Å². The highest BCUT2D eigenvalue weighted by atomic mass is 79.9. The maximum Gasteiger partial charge on any atom is 0.109 e. The molecule has 0 aliphatic heterocycles. The molecule has 5 heteroatoms. The van der Waals surface area contributed by atoms with E-state index < -0.39 is 0 Å². The van der Waals surface area contributed by atoms with E-state index in [0.29, 0.717) is 0 Å². The van der Waals surface area contributed by atoms with Crippen LogP contribution in [0.15, 0.2) is 35.1 Å². The first kappa shape index (κ1) is 13.6. The van der Waals surface area contributed by atoms with Gasteiger partial charge in [-0.3, -0.25) is 0 Å². The van der Waals surface area contributed by atoms with Crippen LogP contribution in [0.4, 0.5) is 0 Å². The molecule has 1 aromatic carbocycles. The second kappa shape index (κ2) is 6.36. The molecule has 0 aliphatic rings. The molecule has 0 aliphatic carbocycles. The van der Waals surface area contributed by atoms with E-state index in [9.17, 15) is 0 Å². The first-order valence-electron chi connectivity index (χ1n) is 5.77. The fraction of sp³-hybridized carbons (Fsp3) is 0.308. The minimum atomic E-state index is 0.767. The number of nitrogens with zero attached hydrogens (tertiary/aromatic N) is 2. The molecule has 0 radical (unpaired) electrons. The molecule has 2 aromatic rings. The lowest BCUT2D eigenvalue weighted by Crippen LogP contribution is -2.18. The molecule has 96 valence electrons. The van der Waals surface area contributed by atoms with Crippen LogP contribution in [-0.2, 0) is 20.0 Å². The molecule has 0 saturated carbocycles. The number of rotatable bonds is 5. The van der Waals surface area contributed by atoms with Gasteiger partial charge < -0.3 is 9.88 Å². The third-order valence-corrected chi connectivity index (χ3v) is 3.63. The number of aryl methyl sites for hydroxylation is 1. The summed E-state index contributed by atoms with van der Waals surface area (Å²) in [5.74, 6) is 1.09. The molecular weight excluding hydrogens is 314 g/mol. The van der Waals surface area contributed by atoms with Gasteiger partial charge in [0, 0.05) is 48.4 Å². The van der Waals surface area contributed by atoms with Crippen molar-refractivity contribution < 1.29 is 0 Å². The second-order valence-electron chi connectivity index (χ2n) is 4.12. The highest BCUT2D eigenvalue weighted by Crippen LogP contribution is 2.20. The van der Waals surface area contributed by atoms with Gasteiger partial charge in [0.15, 0.2) is 0 Å². The van der Waals surface area contributed by atoms with Crippen molar-refractivity contribution in [3.63, 3.8) is 0 Å². The maximum atomic E-state index is 6.12. The Balaban J connectivity index is 1.82. The fourth-order valence-electron chi connectivity index (χ4n) is 1.74. The van der Waals surface area contributed by atoms with E-state index in [0.717, 1.165) is 40.4 Å². The fourth-order valence-corrected chi connectivity index (χ4v) is 2.33. The van der Waals surface area contributed by atoms with Gasteiger partial charge in [0.05, 0.1) is 0 Å². The van der Waals surface area contributed by atoms with Crippen LogP contribution in [0.1, 0.15) is 11.4 Å². The van der Waals surface area contributed by atoms with Crippen molar-refractivity contribution in [2.24, 2.45) is 7.05 Å². The number of halogens is 2. The molecule has 0 fully saturated rings. The van der Waals surface area contributed by atoms with Gasteiger partial charge in [-0.2, -0.15) is 0 Å². The van der Waals surface area contributed by atoms with Crippen LogP contribution in [0.25, 0.3) is 0 Å². The van der Waals surface area contributed by atoms with Gasteiger partial charge in [0.25, 0.3) is 0 Å². The van der Waals surface area contributed by atoms with Crippen LogP contribution in [-0.4, -0.2) is 16.1 Å². The normalized spacial score (nSPS) is 10.8. The van der Waals surface area contributed by atoms with E-state index in [1.54, 1.807) is 0 Å². The van der Waals surface area contributed by atoms with Crippen LogP contribution in [0.5, 0.6) is 0 Å². The Kier molecular flexibility index (Phi) is 4.80. The summed E-state index contributed by atoms with van der Waals surface area (Å²) in [5, 5.41) is 4.17. The first-order chi connectivity index (χ1) is 8.66. The van der Waals surface area contributed by atoms with Crippen molar-refractivity contribution in [3.8, 4) is 0 Å². The minimum absolute atomic E-state index is 0.767. The maximum absolute atomic E-state index is 6.12. The Labute approximate surface area is 120 Å². The third-order valence-electron chi connectivity index (χ3n) is 2.77. The monoisotopic (exact) mass is 327 g/mol. The molecule has 0 unspecified atom stereocenters. The average Bonchev–Trinajstić information content (AvgIpc) is 2.75. The molecular formula is C13H15BrClN3. The zero-order chi connectivity index (χ0) is 13.0. The lowest BCUT2D eigenvalue weighted by molar-refractivity contribution is 0.655. The van der Waals surface area contributed by atoms with E-state index in [1.807, 2.05) is 42.2 Å². The molecule has 0 atom stereocenters. The zero-order valence-corrected chi connectivity index (χ0v) is 12.5. The Bertz CT molecular complexity index is 525. The summed E-state index contributed by atoms with van der Waals surface area (Å²) in [6.07, 6.45) is 4.69. The smallest absolute Gasteiger partial charge is 0.109 e. The van der Waals surface area contributed by atoms with Gasteiger partial charge in [-0.25, -0.2) is 4.98 Å². The summed E-state index contributed by atoms with van der Waals surface area (Å²) in [6, 6.07) is 5.89. The van der Waals surface area contributed by atoms with Crippen LogP contribution < -0.4 is 5.32 Å². The Morgan fingerprint density at radius 3 is 3.00 bits per heavy atom. The Morgan fingerprint density at radius 1 is 1.44 bits per heavy atom. The largest absolute Gasteiger partial charge is 0.338 e. The molecule has 0 amide bonds. The number of imidazole rings is 1.